The Morgan fingerprint density at radius 3 is 2.77 bits per heavy atom. The van der Waals surface area contributed by atoms with E-state index in [0.29, 0.717) is 25.3 Å². The highest BCUT2D eigenvalue weighted by molar-refractivity contribution is 7.09. The third kappa shape index (κ3) is 6.18. The molecule has 1 fully saturated rings. The lowest BCUT2D eigenvalue weighted by molar-refractivity contribution is 0.0507. The van der Waals surface area contributed by atoms with Gasteiger partial charge in [0.15, 0.2) is 0 Å². The smallest absolute Gasteiger partial charge is 0.254 e. The fraction of sp³-hybridized carbons (Fsp3) is 0.346. The van der Waals surface area contributed by atoms with E-state index in [9.17, 15) is 4.79 Å². The first-order valence-electron chi connectivity index (χ1n) is 10.9. The minimum absolute atomic E-state index is 0.0412. The lowest BCUT2D eigenvalue weighted by Gasteiger charge is -2.26. The van der Waals surface area contributed by atoms with Crippen molar-refractivity contribution in [1.82, 2.24) is 4.90 Å². The molecule has 1 amide bonds. The van der Waals surface area contributed by atoms with Crippen LogP contribution < -0.4 is 4.74 Å². The van der Waals surface area contributed by atoms with E-state index in [0.717, 1.165) is 42.7 Å². The fourth-order valence-corrected chi connectivity index (χ4v) is 4.50. The second-order valence-electron chi connectivity index (χ2n) is 8.01. The molecule has 162 valence electrons. The molecule has 0 unspecified atom stereocenters. The van der Waals surface area contributed by atoms with Crippen LogP contribution >= 0.6 is 11.3 Å². The highest BCUT2D eigenvalue weighted by Gasteiger charge is 2.23. The molecule has 2 heterocycles. The van der Waals surface area contributed by atoms with Crippen molar-refractivity contribution in [3.8, 4) is 5.75 Å². The zero-order chi connectivity index (χ0) is 21.5. The van der Waals surface area contributed by atoms with Crippen LogP contribution in [0.5, 0.6) is 5.75 Å². The van der Waals surface area contributed by atoms with Crippen molar-refractivity contribution in [3.05, 3.63) is 87.6 Å². The number of amides is 1. The molecule has 3 aromatic rings. The average molecular weight is 436 g/mol. The van der Waals surface area contributed by atoms with Crippen LogP contribution in [0.4, 0.5) is 0 Å². The van der Waals surface area contributed by atoms with Gasteiger partial charge in [0.25, 0.3) is 5.91 Å². The molecular weight excluding hydrogens is 406 g/mol. The molecule has 1 aliphatic heterocycles. The summed E-state index contributed by atoms with van der Waals surface area (Å²) < 4.78 is 11.8. The zero-order valence-electron chi connectivity index (χ0n) is 18.0. The number of nitrogens with zero attached hydrogens (tertiary/aromatic N) is 1. The molecule has 2 aromatic carbocycles. The third-order valence-electron chi connectivity index (χ3n) is 5.50. The van der Waals surface area contributed by atoms with E-state index in [1.165, 1.54) is 4.88 Å². The van der Waals surface area contributed by atoms with Gasteiger partial charge in [-0.3, -0.25) is 4.79 Å². The first kappa shape index (κ1) is 21.6. The van der Waals surface area contributed by atoms with Crippen molar-refractivity contribution in [2.24, 2.45) is 0 Å². The van der Waals surface area contributed by atoms with Crippen molar-refractivity contribution < 1.29 is 14.3 Å². The molecule has 1 aromatic heterocycles. The van der Waals surface area contributed by atoms with E-state index in [4.69, 9.17) is 9.47 Å². The summed E-state index contributed by atoms with van der Waals surface area (Å²) in [6.07, 6.45) is 3.08. The van der Waals surface area contributed by atoms with Crippen LogP contribution in [0.25, 0.3) is 0 Å². The molecule has 1 saturated heterocycles. The van der Waals surface area contributed by atoms with Gasteiger partial charge in [-0.2, -0.15) is 0 Å². The summed E-state index contributed by atoms with van der Waals surface area (Å²) in [6.45, 7) is 4.60. The molecule has 0 radical (unpaired) electrons. The Bertz CT molecular complexity index is 963. The number of carbonyl (C=O) groups excluding carboxylic acids is 1. The summed E-state index contributed by atoms with van der Waals surface area (Å²) in [5, 5.41) is 2.09. The first-order valence-corrected chi connectivity index (χ1v) is 11.8. The molecule has 4 nitrogen and oxygen atoms in total. The normalized spacial score (nSPS) is 15.7. The lowest BCUT2D eigenvalue weighted by atomic mass is 10.1. The van der Waals surface area contributed by atoms with Gasteiger partial charge >= 0.3 is 0 Å². The number of thiophene rings is 1. The van der Waals surface area contributed by atoms with Crippen LogP contribution in [-0.4, -0.2) is 36.7 Å². The van der Waals surface area contributed by atoms with Gasteiger partial charge in [-0.1, -0.05) is 35.9 Å². The quantitative estimate of drug-likeness (QED) is 0.445. The summed E-state index contributed by atoms with van der Waals surface area (Å²) in [5.74, 6) is 0.883. The standard InChI is InChI=1S/C26H29NO3S/c1-20-9-11-22(12-10-20)26(28)27(19-24-7-3-14-29-24)18-21-5-2-6-23(17-21)30-15-13-25-8-4-16-31-25/h2,4-6,8-12,16-17,24H,3,7,13-15,18-19H2,1H3/t24-/m0/s1. The number of benzene rings is 2. The number of ether oxygens (including phenoxy) is 2. The van der Waals surface area contributed by atoms with E-state index in [1.807, 2.05) is 54.3 Å². The van der Waals surface area contributed by atoms with Gasteiger partial charge in [0.2, 0.25) is 0 Å². The maximum Gasteiger partial charge on any atom is 0.254 e. The Morgan fingerprint density at radius 2 is 2.03 bits per heavy atom. The van der Waals surface area contributed by atoms with Crippen molar-refractivity contribution in [2.75, 3.05) is 19.8 Å². The molecule has 0 aliphatic carbocycles. The summed E-state index contributed by atoms with van der Waals surface area (Å²) in [5.41, 5.74) is 2.92. The van der Waals surface area contributed by atoms with Crippen LogP contribution in [0.1, 0.15) is 39.2 Å². The van der Waals surface area contributed by atoms with E-state index in [2.05, 4.69) is 23.6 Å². The van der Waals surface area contributed by atoms with Gasteiger partial charge in [-0.05, 0) is 61.0 Å². The molecule has 0 bridgehead atoms. The minimum Gasteiger partial charge on any atom is -0.493 e. The van der Waals surface area contributed by atoms with Gasteiger partial charge in [-0.25, -0.2) is 0 Å². The highest BCUT2D eigenvalue weighted by Crippen LogP contribution is 2.20. The van der Waals surface area contributed by atoms with E-state index < -0.39 is 0 Å². The molecule has 5 heteroatoms. The largest absolute Gasteiger partial charge is 0.493 e. The SMILES string of the molecule is Cc1ccc(C(=O)N(Cc2cccc(OCCc3cccs3)c2)C[C@@H]2CCCO2)cc1. The number of rotatable bonds is 9. The van der Waals surface area contributed by atoms with Gasteiger partial charge in [0, 0.05) is 36.6 Å². The second kappa shape index (κ2) is 10.6. The Hall–Kier alpha value is -2.63. The molecule has 1 aliphatic rings. The van der Waals surface area contributed by atoms with Gasteiger partial charge in [0.05, 0.1) is 12.7 Å². The molecule has 1 atom stereocenters. The van der Waals surface area contributed by atoms with E-state index in [1.54, 1.807) is 11.3 Å². The lowest BCUT2D eigenvalue weighted by Crippen LogP contribution is -2.37. The zero-order valence-corrected chi connectivity index (χ0v) is 18.8. The topological polar surface area (TPSA) is 38.8 Å². The second-order valence-corrected chi connectivity index (χ2v) is 9.04. The number of hydrogen-bond donors (Lipinski definition) is 0. The van der Waals surface area contributed by atoms with E-state index >= 15 is 0 Å². The maximum absolute atomic E-state index is 13.3. The highest BCUT2D eigenvalue weighted by atomic mass is 32.1. The van der Waals surface area contributed by atoms with Crippen molar-refractivity contribution >= 4 is 17.2 Å². The van der Waals surface area contributed by atoms with Gasteiger partial charge in [-0.15, -0.1) is 11.3 Å². The van der Waals surface area contributed by atoms with Crippen LogP contribution in [0.15, 0.2) is 66.0 Å². The van der Waals surface area contributed by atoms with Crippen molar-refractivity contribution in [2.45, 2.75) is 38.8 Å². The maximum atomic E-state index is 13.3. The molecule has 0 N–H and O–H groups in total. The molecule has 31 heavy (non-hydrogen) atoms. The summed E-state index contributed by atoms with van der Waals surface area (Å²) in [6, 6.07) is 20.0. The number of carbonyl (C=O) groups is 1. The molecular formula is C26H29NO3S. The molecule has 0 saturated carbocycles. The Balaban J connectivity index is 1.43. The van der Waals surface area contributed by atoms with Crippen molar-refractivity contribution in [3.63, 3.8) is 0 Å². The molecule has 4 rings (SSSR count). The summed E-state index contributed by atoms with van der Waals surface area (Å²) in [7, 11) is 0. The van der Waals surface area contributed by atoms with Crippen LogP contribution in [-0.2, 0) is 17.7 Å². The Morgan fingerprint density at radius 1 is 1.16 bits per heavy atom. The first-order chi connectivity index (χ1) is 15.2. The van der Waals surface area contributed by atoms with Gasteiger partial charge in [0.1, 0.15) is 5.75 Å². The minimum atomic E-state index is 0.0412. The summed E-state index contributed by atoms with van der Waals surface area (Å²) in [4.78, 5) is 16.5. The number of aryl methyl sites for hydroxylation is 1. The number of hydrogen-bond acceptors (Lipinski definition) is 4. The average Bonchev–Trinajstić information content (AvgIpc) is 3.48. The Labute approximate surface area is 188 Å². The van der Waals surface area contributed by atoms with Crippen LogP contribution in [0.3, 0.4) is 0 Å². The van der Waals surface area contributed by atoms with Crippen molar-refractivity contribution in [1.29, 1.82) is 0 Å². The van der Waals surface area contributed by atoms with Crippen LogP contribution in [0, 0.1) is 6.92 Å². The van der Waals surface area contributed by atoms with Gasteiger partial charge < -0.3 is 14.4 Å². The fourth-order valence-electron chi connectivity index (χ4n) is 3.81. The predicted octanol–water partition coefficient (Wildman–Crippen LogP) is 5.50. The third-order valence-corrected chi connectivity index (χ3v) is 6.44. The summed E-state index contributed by atoms with van der Waals surface area (Å²) >= 11 is 1.75. The van der Waals surface area contributed by atoms with Crippen LogP contribution in [0.2, 0.25) is 0 Å². The molecule has 0 spiro atoms. The predicted molar refractivity (Wildman–Crippen MR) is 125 cm³/mol. The Kier molecular flexibility index (Phi) is 7.39. The van der Waals surface area contributed by atoms with E-state index in [-0.39, 0.29) is 12.0 Å². The monoisotopic (exact) mass is 435 g/mol.